The molecule has 0 aromatic rings. The van der Waals surface area contributed by atoms with Crippen molar-refractivity contribution < 1.29 is 27.1 Å². The lowest BCUT2D eigenvalue weighted by molar-refractivity contribution is -0.137. The molecule has 0 aromatic heterocycles. The molecule has 0 radical (unpaired) electrons. The van der Waals surface area contributed by atoms with Crippen LogP contribution in [0.25, 0.3) is 0 Å². The Labute approximate surface area is 86.5 Å². The molecule has 0 fully saturated rings. The molecule has 0 spiro atoms. The summed E-state index contributed by atoms with van der Waals surface area (Å²) in [5, 5.41) is 8.26. The number of sulfonamides is 1. The van der Waals surface area contributed by atoms with Crippen LogP contribution in [0.4, 0.5) is 8.78 Å². The van der Waals surface area contributed by atoms with Gasteiger partial charge in [0.05, 0.1) is 0 Å². The van der Waals surface area contributed by atoms with Crippen LogP contribution in [0, 0.1) is 0 Å². The van der Waals surface area contributed by atoms with E-state index in [1.807, 2.05) is 0 Å². The zero-order chi connectivity index (χ0) is 11.9. The fourth-order valence-electron chi connectivity index (χ4n) is 0.855. The number of carboxylic acids is 1. The molecule has 0 bridgehead atoms. The highest BCUT2D eigenvalue weighted by atomic mass is 32.2. The third-order valence-corrected chi connectivity index (χ3v) is 2.68. The molecule has 0 rings (SSSR count). The SMILES string of the molecule is O=C(O)CCCCCNS(=O)(=O)C(F)F. The summed E-state index contributed by atoms with van der Waals surface area (Å²) in [4.78, 5) is 10.1. The average molecular weight is 245 g/mol. The minimum Gasteiger partial charge on any atom is -0.481 e. The fourth-order valence-corrected chi connectivity index (χ4v) is 1.41. The molecule has 5 nitrogen and oxygen atoms in total. The summed E-state index contributed by atoms with van der Waals surface area (Å²) in [5.41, 5.74) is 0. The van der Waals surface area contributed by atoms with Crippen LogP contribution in [0.15, 0.2) is 0 Å². The Kier molecular flexibility index (Phi) is 6.34. The van der Waals surface area contributed by atoms with Crippen LogP contribution in [-0.2, 0) is 14.8 Å². The Morgan fingerprint density at radius 2 is 1.87 bits per heavy atom. The van der Waals surface area contributed by atoms with E-state index in [-0.39, 0.29) is 13.0 Å². The number of carboxylic acid groups (broad SMARTS) is 1. The van der Waals surface area contributed by atoms with E-state index in [2.05, 4.69) is 0 Å². The lowest BCUT2D eigenvalue weighted by Crippen LogP contribution is -2.30. The quantitative estimate of drug-likeness (QED) is 0.619. The van der Waals surface area contributed by atoms with Gasteiger partial charge in [-0.15, -0.1) is 0 Å². The average Bonchev–Trinajstić information content (AvgIpc) is 2.10. The number of unbranched alkanes of at least 4 members (excludes halogenated alkanes) is 2. The van der Waals surface area contributed by atoms with Crippen molar-refractivity contribution in [2.24, 2.45) is 0 Å². The first-order valence-corrected chi connectivity index (χ1v) is 5.89. The van der Waals surface area contributed by atoms with Crippen molar-refractivity contribution in [3.8, 4) is 0 Å². The van der Waals surface area contributed by atoms with Crippen molar-refractivity contribution in [1.82, 2.24) is 4.72 Å². The Morgan fingerprint density at radius 1 is 1.27 bits per heavy atom. The molecule has 15 heavy (non-hydrogen) atoms. The topological polar surface area (TPSA) is 83.5 Å². The van der Waals surface area contributed by atoms with Crippen molar-refractivity contribution >= 4 is 16.0 Å². The number of nitrogens with one attached hydrogen (secondary N) is 1. The number of hydrogen-bond donors (Lipinski definition) is 2. The van der Waals surface area contributed by atoms with Gasteiger partial charge in [-0.1, -0.05) is 6.42 Å². The highest BCUT2D eigenvalue weighted by molar-refractivity contribution is 7.89. The molecule has 0 heterocycles. The van der Waals surface area contributed by atoms with Gasteiger partial charge in [0, 0.05) is 13.0 Å². The summed E-state index contributed by atoms with van der Waals surface area (Å²) in [6, 6.07) is 0. The Bertz CT molecular complexity index is 291. The van der Waals surface area contributed by atoms with Gasteiger partial charge < -0.3 is 5.11 Å². The highest BCUT2D eigenvalue weighted by Gasteiger charge is 2.22. The third kappa shape index (κ3) is 7.20. The number of rotatable bonds is 8. The van der Waals surface area contributed by atoms with Crippen molar-refractivity contribution in [1.29, 1.82) is 0 Å². The van der Waals surface area contributed by atoms with Gasteiger partial charge in [0.15, 0.2) is 0 Å². The lowest BCUT2D eigenvalue weighted by atomic mass is 10.2. The second-order valence-electron chi connectivity index (χ2n) is 2.90. The molecule has 0 unspecified atom stereocenters. The van der Waals surface area contributed by atoms with Crippen LogP contribution in [0.5, 0.6) is 0 Å². The van der Waals surface area contributed by atoms with E-state index in [1.54, 1.807) is 4.72 Å². The summed E-state index contributed by atoms with van der Waals surface area (Å²) < 4.78 is 46.3. The standard InChI is InChI=1S/C7H13F2NO4S/c8-7(9)15(13,14)10-5-3-1-2-4-6(11)12/h7,10H,1-5H2,(H,11,12). The molecule has 0 aromatic carbocycles. The van der Waals surface area contributed by atoms with Gasteiger partial charge >= 0.3 is 11.7 Å². The Morgan fingerprint density at radius 3 is 2.33 bits per heavy atom. The molecule has 2 N–H and O–H groups in total. The minimum atomic E-state index is -4.50. The fraction of sp³-hybridized carbons (Fsp3) is 0.857. The first-order chi connectivity index (χ1) is 6.86. The molecular weight excluding hydrogens is 232 g/mol. The van der Waals surface area contributed by atoms with E-state index < -0.39 is 21.8 Å². The summed E-state index contributed by atoms with van der Waals surface area (Å²) in [7, 11) is -4.50. The minimum absolute atomic E-state index is 0.00158. The van der Waals surface area contributed by atoms with Crippen LogP contribution in [0.2, 0.25) is 0 Å². The molecule has 0 aliphatic rings. The number of alkyl halides is 2. The summed E-state index contributed by atoms with van der Waals surface area (Å²) >= 11 is 0. The zero-order valence-electron chi connectivity index (χ0n) is 7.95. The normalized spacial score (nSPS) is 11.9. The largest absolute Gasteiger partial charge is 0.481 e. The first-order valence-electron chi connectivity index (χ1n) is 4.34. The number of halogens is 2. The molecule has 0 amide bonds. The van der Waals surface area contributed by atoms with Gasteiger partial charge in [0.25, 0.3) is 10.0 Å². The maximum atomic E-state index is 11.8. The maximum Gasteiger partial charge on any atom is 0.350 e. The van der Waals surface area contributed by atoms with Crippen LogP contribution < -0.4 is 4.72 Å². The lowest BCUT2D eigenvalue weighted by Gasteiger charge is -2.04. The van der Waals surface area contributed by atoms with E-state index in [0.29, 0.717) is 19.3 Å². The van der Waals surface area contributed by atoms with E-state index >= 15 is 0 Å². The van der Waals surface area contributed by atoms with E-state index in [9.17, 15) is 22.0 Å². The summed E-state index contributed by atoms with van der Waals surface area (Å²) in [6.07, 6.45) is 1.24. The van der Waals surface area contributed by atoms with Crippen molar-refractivity contribution in [2.45, 2.75) is 31.4 Å². The van der Waals surface area contributed by atoms with Gasteiger partial charge in [0.1, 0.15) is 0 Å². The second-order valence-corrected chi connectivity index (χ2v) is 4.64. The maximum absolute atomic E-state index is 11.8. The van der Waals surface area contributed by atoms with Crippen LogP contribution in [0.1, 0.15) is 25.7 Å². The number of aliphatic carboxylic acids is 1. The molecule has 90 valence electrons. The van der Waals surface area contributed by atoms with Gasteiger partial charge in [-0.05, 0) is 12.8 Å². The summed E-state index contributed by atoms with van der Waals surface area (Å²) in [6.45, 7) is -0.0910. The van der Waals surface area contributed by atoms with Gasteiger partial charge in [-0.2, -0.15) is 8.78 Å². The van der Waals surface area contributed by atoms with Crippen LogP contribution in [0.3, 0.4) is 0 Å². The van der Waals surface area contributed by atoms with Gasteiger partial charge in [0.2, 0.25) is 0 Å². The second kappa shape index (κ2) is 6.67. The molecular formula is C7H13F2NO4S. The molecule has 0 saturated carbocycles. The Balaban J connectivity index is 3.51. The number of carbonyl (C=O) groups is 1. The van der Waals surface area contributed by atoms with E-state index in [0.717, 1.165) is 0 Å². The Hall–Kier alpha value is -0.760. The molecule has 0 aliphatic heterocycles. The smallest absolute Gasteiger partial charge is 0.350 e. The molecule has 0 atom stereocenters. The zero-order valence-corrected chi connectivity index (χ0v) is 8.77. The first kappa shape index (κ1) is 14.2. The third-order valence-electron chi connectivity index (χ3n) is 1.61. The predicted molar refractivity (Wildman–Crippen MR) is 49.0 cm³/mol. The summed E-state index contributed by atoms with van der Waals surface area (Å²) in [5.74, 6) is -4.35. The van der Waals surface area contributed by atoms with Crippen molar-refractivity contribution in [2.75, 3.05) is 6.54 Å². The van der Waals surface area contributed by atoms with Crippen LogP contribution in [-0.4, -0.2) is 31.8 Å². The predicted octanol–water partition coefficient (Wildman–Crippen LogP) is 0.773. The van der Waals surface area contributed by atoms with E-state index in [4.69, 9.17) is 5.11 Å². The van der Waals surface area contributed by atoms with Gasteiger partial charge in [-0.25, -0.2) is 13.1 Å². The van der Waals surface area contributed by atoms with Crippen LogP contribution >= 0.6 is 0 Å². The van der Waals surface area contributed by atoms with Crippen molar-refractivity contribution in [3.63, 3.8) is 0 Å². The molecule has 8 heteroatoms. The molecule has 0 saturated heterocycles. The monoisotopic (exact) mass is 245 g/mol. The highest BCUT2D eigenvalue weighted by Crippen LogP contribution is 2.03. The molecule has 0 aliphatic carbocycles. The van der Waals surface area contributed by atoms with Crippen molar-refractivity contribution in [3.05, 3.63) is 0 Å². The van der Waals surface area contributed by atoms with E-state index in [1.165, 1.54) is 0 Å². The van der Waals surface area contributed by atoms with Gasteiger partial charge in [-0.3, -0.25) is 4.79 Å². The number of hydrogen-bond acceptors (Lipinski definition) is 3.